The third kappa shape index (κ3) is 3.45. The lowest BCUT2D eigenvalue weighted by atomic mass is 10.1. The third-order valence-corrected chi connectivity index (χ3v) is 3.58. The Hall–Kier alpha value is -1.73. The predicted molar refractivity (Wildman–Crippen MR) is 83.8 cm³/mol. The largest absolute Gasteiger partial charge is 0.416 e. The number of benzene rings is 1. The first-order valence-electron chi connectivity index (χ1n) is 6.37. The highest BCUT2D eigenvalue weighted by Crippen LogP contribution is 2.41. The molecule has 124 valence electrons. The van der Waals surface area contributed by atoms with Crippen molar-refractivity contribution >= 4 is 40.5 Å². The molecular weight excluding hydrogens is 354 g/mol. The number of carbonyl (C=O) groups is 1. The standard InChI is InChI=1S/C14H12Cl2F3N3O/c1-7-9(6-21(2)3)13(23)22(20-7)12-10(15)4-8(5-11(12)16)14(17,18)19/h4-6H,1-3H3. The normalized spacial score (nSPS) is 17.0. The van der Waals surface area contributed by atoms with Crippen LogP contribution < -0.4 is 5.01 Å². The number of amides is 1. The molecule has 1 aliphatic rings. The highest BCUT2D eigenvalue weighted by Gasteiger charge is 2.35. The van der Waals surface area contributed by atoms with Crippen LogP contribution in [0.2, 0.25) is 10.0 Å². The summed E-state index contributed by atoms with van der Waals surface area (Å²) in [5.74, 6) is -0.514. The maximum Gasteiger partial charge on any atom is 0.416 e. The molecule has 1 heterocycles. The van der Waals surface area contributed by atoms with E-state index in [2.05, 4.69) is 5.10 Å². The van der Waals surface area contributed by atoms with E-state index in [1.54, 1.807) is 32.1 Å². The van der Waals surface area contributed by atoms with Gasteiger partial charge in [0.2, 0.25) is 0 Å². The lowest BCUT2D eigenvalue weighted by Crippen LogP contribution is -2.23. The molecule has 0 N–H and O–H groups in total. The van der Waals surface area contributed by atoms with Gasteiger partial charge in [-0.15, -0.1) is 0 Å². The van der Waals surface area contributed by atoms with Gasteiger partial charge >= 0.3 is 6.18 Å². The molecule has 0 aromatic heterocycles. The molecule has 0 saturated carbocycles. The van der Waals surface area contributed by atoms with Gasteiger partial charge in [0.15, 0.2) is 0 Å². The van der Waals surface area contributed by atoms with Crippen molar-refractivity contribution in [1.82, 2.24) is 4.90 Å². The van der Waals surface area contributed by atoms with E-state index < -0.39 is 17.6 Å². The van der Waals surface area contributed by atoms with E-state index in [0.29, 0.717) is 23.4 Å². The fourth-order valence-corrected chi connectivity index (χ4v) is 2.66. The molecule has 9 heteroatoms. The minimum absolute atomic E-state index is 0.0761. The first-order chi connectivity index (χ1) is 10.5. The number of carbonyl (C=O) groups excluding carboxylic acids is 1. The van der Waals surface area contributed by atoms with Crippen LogP contribution in [0.3, 0.4) is 0 Å². The molecule has 1 amide bonds. The fourth-order valence-electron chi connectivity index (χ4n) is 2.01. The molecule has 2 rings (SSSR count). The number of rotatable bonds is 2. The van der Waals surface area contributed by atoms with Gasteiger partial charge in [-0.3, -0.25) is 4.79 Å². The highest BCUT2D eigenvalue weighted by molar-refractivity contribution is 6.41. The Bertz CT molecular complexity index is 703. The maximum atomic E-state index is 12.8. The van der Waals surface area contributed by atoms with Crippen LogP contribution in [0.4, 0.5) is 18.9 Å². The Morgan fingerprint density at radius 2 is 1.74 bits per heavy atom. The van der Waals surface area contributed by atoms with E-state index >= 15 is 0 Å². The Kier molecular flexibility index (Phi) is 4.64. The quantitative estimate of drug-likeness (QED) is 0.737. The van der Waals surface area contributed by atoms with Crippen LogP contribution >= 0.6 is 23.2 Å². The number of halogens is 5. The van der Waals surface area contributed by atoms with Crippen LogP contribution in [0.5, 0.6) is 0 Å². The Morgan fingerprint density at radius 3 is 2.17 bits per heavy atom. The SMILES string of the molecule is CC1=NN(c2c(Cl)cc(C(F)(F)F)cc2Cl)C(=O)C1=CN(C)C. The molecule has 0 atom stereocenters. The second kappa shape index (κ2) is 6.05. The zero-order valence-electron chi connectivity index (χ0n) is 12.4. The first-order valence-corrected chi connectivity index (χ1v) is 7.12. The van der Waals surface area contributed by atoms with Gasteiger partial charge in [-0.05, 0) is 19.1 Å². The van der Waals surface area contributed by atoms with E-state index in [1.165, 1.54) is 0 Å². The van der Waals surface area contributed by atoms with Gasteiger partial charge in [-0.2, -0.15) is 23.3 Å². The average Bonchev–Trinajstić information content (AvgIpc) is 2.64. The van der Waals surface area contributed by atoms with Crippen molar-refractivity contribution in [2.75, 3.05) is 19.1 Å². The first kappa shape index (κ1) is 17.6. The van der Waals surface area contributed by atoms with Gasteiger partial charge in [0.25, 0.3) is 5.91 Å². The molecule has 0 fully saturated rings. The van der Waals surface area contributed by atoms with Gasteiger partial charge in [0.05, 0.1) is 26.9 Å². The lowest BCUT2D eigenvalue weighted by molar-refractivity contribution is -0.137. The van der Waals surface area contributed by atoms with Crippen LogP contribution in [0.25, 0.3) is 0 Å². The zero-order valence-corrected chi connectivity index (χ0v) is 13.9. The van der Waals surface area contributed by atoms with Gasteiger partial charge in [0, 0.05) is 20.3 Å². The molecule has 0 aliphatic carbocycles. The van der Waals surface area contributed by atoms with Gasteiger partial charge in [-0.1, -0.05) is 23.2 Å². The van der Waals surface area contributed by atoms with Crippen molar-refractivity contribution in [2.24, 2.45) is 5.10 Å². The summed E-state index contributed by atoms with van der Waals surface area (Å²) in [7, 11) is 3.46. The number of hydrazone groups is 1. The molecule has 1 aromatic rings. The third-order valence-electron chi connectivity index (χ3n) is 3.01. The van der Waals surface area contributed by atoms with Crippen LogP contribution in [-0.4, -0.2) is 30.6 Å². The van der Waals surface area contributed by atoms with Crippen LogP contribution in [-0.2, 0) is 11.0 Å². The van der Waals surface area contributed by atoms with Crippen LogP contribution in [0.1, 0.15) is 12.5 Å². The van der Waals surface area contributed by atoms with Crippen molar-refractivity contribution in [1.29, 1.82) is 0 Å². The zero-order chi connectivity index (χ0) is 17.5. The molecule has 1 aromatic carbocycles. The van der Waals surface area contributed by atoms with Crippen LogP contribution in [0, 0.1) is 0 Å². The van der Waals surface area contributed by atoms with E-state index in [9.17, 15) is 18.0 Å². The topological polar surface area (TPSA) is 35.9 Å². The number of anilines is 1. The van der Waals surface area contributed by atoms with Crippen molar-refractivity contribution in [3.05, 3.63) is 39.5 Å². The van der Waals surface area contributed by atoms with Crippen molar-refractivity contribution in [3.63, 3.8) is 0 Å². The average molecular weight is 366 g/mol. The summed E-state index contributed by atoms with van der Waals surface area (Å²) in [5.41, 5.74) is -0.349. The van der Waals surface area contributed by atoms with Crippen molar-refractivity contribution in [3.8, 4) is 0 Å². The Balaban J connectivity index is 2.51. The summed E-state index contributed by atoms with van der Waals surface area (Å²) in [6.07, 6.45) is -3.02. The molecule has 0 bridgehead atoms. The summed E-state index contributed by atoms with van der Waals surface area (Å²) in [5, 5.41) is 4.35. The Morgan fingerprint density at radius 1 is 1.22 bits per heavy atom. The minimum Gasteiger partial charge on any atom is -0.383 e. The molecule has 23 heavy (non-hydrogen) atoms. The molecule has 0 saturated heterocycles. The number of alkyl halides is 3. The lowest BCUT2D eigenvalue weighted by Gasteiger charge is -2.17. The minimum atomic E-state index is -4.59. The second-order valence-corrected chi connectivity index (χ2v) is 5.91. The van der Waals surface area contributed by atoms with Crippen molar-refractivity contribution < 1.29 is 18.0 Å². The van der Waals surface area contributed by atoms with E-state index in [-0.39, 0.29) is 15.7 Å². The molecule has 4 nitrogen and oxygen atoms in total. The van der Waals surface area contributed by atoms with Gasteiger partial charge in [0.1, 0.15) is 5.69 Å². The maximum absolute atomic E-state index is 12.8. The van der Waals surface area contributed by atoms with E-state index in [1.807, 2.05) is 0 Å². The summed E-state index contributed by atoms with van der Waals surface area (Å²) in [6, 6.07) is 1.43. The summed E-state index contributed by atoms with van der Waals surface area (Å²) in [4.78, 5) is 14.1. The van der Waals surface area contributed by atoms with Gasteiger partial charge < -0.3 is 4.90 Å². The van der Waals surface area contributed by atoms with Crippen LogP contribution in [0.15, 0.2) is 29.0 Å². The monoisotopic (exact) mass is 365 g/mol. The summed E-state index contributed by atoms with van der Waals surface area (Å²) < 4.78 is 38.3. The van der Waals surface area contributed by atoms with E-state index in [0.717, 1.165) is 5.01 Å². The molecule has 0 unspecified atom stereocenters. The number of hydrogen-bond acceptors (Lipinski definition) is 3. The van der Waals surface area contributed by atoms with E-state index in [4.69, 9.17) is 23.2 Å². The number of hydrogen-bond donors (Lipinski definition) is 0. The molecular formula is C14H12Cl2F3N3O. The van der Waals surface area contributed by atoms with Crippen molar-refractivity contribution in [2.45, 2.75) is 13.1 Å². The highest BCUT2D eigenvalue weighted by atomic mass is 35.5. The smallest absolute Gasteiger partial charge is 0.383 e. The summed E-state index contributed by atoms with van der Waals surface area (Å²) in [6.45, 7) is 1.61. The Labute approximate surface area is 140 Å². The molecule has 0 radical (unpaired) electrons. The second-order valence-electron chi connectivity index (χ2n) is 5.10. The molecule has 1 aliphatic heterocycles. The predicted octanol–water partition coefficient (Wildman–Crippen LogP) is 4.18. The number of nitrogens with zero attached hydrogens (tertiary/aromatic N) is 3. The molecule has 0 spiro atoms. The van der Waals surface area contributed by atoms with Gasteiger partial charge in [-0.25, -0.2) is 0 Å². The summed E-state index contributed by atoms with van der Waals surface area (Å²) >= 11 is 11.8. The fraction of sp³-hybridized carbons (Fsp3) is 0.286.